The molecule has 0 spiro atoms. The van der Waals surface area contributed by atoms with Gasteiger partial charge < -0.3 is 135 Å². The number of aromatic hydroxyl groups is 1. The number of para-hydroxylation sites is 2. The molecule has 47 heteroatoms. The van der Waals surface area contributed by atoms with E-state index in [0.29, 0.717) is 70.4 Å². The monoisotopic (exact) mass is 1930 g/mol. The number of nitrogens with one attached hydrogen (secondary N) is 11. The van der Waals surface area contributed by atoms with Crippen molar-refractivity contribution in [2.24, 2.45) is 17.2 Å². The van der Waals surface area contributed by atoms with E-state index < -0.39 is 305 Å². The van der Waals surface area contributed by atoms with Crippen molar-refractivity contribution in [1.82, 2.24) is 87.2 Å². The van der Waals surface area contributed by atoms with Crippen molar-refractivity contribution in [3.05, 3.63) is 102 Å². The fourth-order valence-electron chi connectivity index (χ4n) is 17.3. The number of likely N-dealkylation sites (N-methyl/N-ethyl adjacent to an activating group) is 2. The quantitative estimate of drug-likeness (QED) is 0.0236. The van der Waals surface area contributed by atoms with Crippen molar-refractivity contribution in [2.45, 2.75) is 239 Å². The molecule has 137 heavy (non-hydrogen) atoms. The third kappa shape index (κ3) is 29.4. The number of amides is 17. The van der Waals surface area contributed by atoms with Crippen molar-refractivity contribution in [3.63, 3.8) is 0 Å². The first kappa shape index (κ1) is 107. The maximum Gasteiger partial charge on any atom is 0.323 e. The first-order valence-electron chi connectivity index (χ1n) is 45.4. The summed E-state index contributed by atoms with van der Waals surface area (Å²) in [7, 11) is 2.47. The summed E-state index contributed by atoms with van der Waals surface area (Å²) < 4.78 is 1.37. The fourth-order valence-corrected chi connectivity index (χ4v) is 18.1. The molecule has 0 unspecified atom stereocenters. The number of aliphatic carboxylic acids is 3. The van der Waals surface area contributed by atoms with Crippen LogP contribution in [0.3, 0.4) is 0 Å². The minimum Gasteiger partial charge on any atom is -0.508 e. The molecule has 744 valence electrons. The van der Waals surface area contributed by atoms with E-state index in [1.165, 1.54) is 55.3 Å². The van der Waals surface area contributed by atoms with Gasteiger partial charge in [0.2, 0.25) is 100 Å². The Balaban J connectivity index is 1.11. The molecule has 0 aliphatic carbocycles. The Kier molecular flexibility index (Phi) is 39.5. The second-order valence-electron chi connectivity index (χ2n) is 34.4. The number of hydrogen-bond donors (Lipinski definition) is 20. The number of carbonyl (C=O) groups excluding carboxylic acids is 17. The summed E-state index contributed by atoms with van der Waals surface area (Å²) in [6.45, 7) is -0.726. The number of benzene rings is 3. The van der Waals surface area contributed by atoms with Crippen LogP contribution in [-0.2, 0) is 122 Å². The zero-order chi connectivity index (χ0) is 100. The number of rotatable bonds is 27. The lowest BCUT2D eigenvalue weighted by Gasteiger charge is -2.38. The number of piperidine rings is 1. The summed E-state index contributed by atoms with van der Waals surface area (Å²) in [4.78, 5) is 295. The van der Waals surface area contributed by atoms with Crippen molar-refractivity contribution in [2.75, 3.05) is 64.9 Å². The molecule has 46 nitrogen and oxygen atoms in total. The Morgan fingerprint density at radius 3 is 1.66 bits per heavy atom. The number of phenols is 1. The molecular formula is C90H122N20O26S. The molecule has 2 aromatic heterocycles. The Bertz CT molecular complexity index is 5270. The predicted molar refractivity (Wildman–Crippen MR) is 490 cm³/mol. The molecule has 0 bridgehead atoms. The number of carbonyl (C=O) groups is 20. The molecule has 6 heterocycles. The van der Waals surface area contributed by atoms with Crippen LogP contribution >= 0.6 is 11.8 Å². The van der Waals surface area contributed by atoms with E-state index in [1.54, 1.807) is 62.4 Å². The van der Waals surface area contributed by atoms with Crippen LogP contribution in [0.4, 0.5) is 0 Å². The highest BCUT2D eigenvalue weighted by Gasteiger charge is 2.47. The number of thioether (sulfide) groups is 1. The number of H-pyrrole nitrogens is 1. The number of nitrogens with two attached hydrogens (primary N) is 3. The van der Waals surface area contributed by atoms with Gasteiger partial charge in [-0.25, -0.2) is 0 Å². The van der Waals surface area contributed by atoms with E-state index in [-0.39, 0.29) is 75.8 Å². The summed E-state index contributed by atoms with van der Waals surface area (Å²) in [6, 6.07) is -5.18. The van der Waals surface area contributed by atoms with Gasteiger partial charge in [-0.05, 0) is 98.7 Å². The Morgan fingerprint density at radius 1 is 0.504 bits per heavy atom. The van der Waals surface area contributed by atoms with Gasteiger partial charge in [0.25, 0.3) is 0 Å². The van der Waals surface area contributed by atoms with Crippen molar-refractivity contribution in [1.29, 1.82) is 0 Å². The molecular weight excluding hydrogens is 1810 g/mol. The van der Waals surface area contributed by atoms with E-state index in [9.17, 15) is 88.2 Å². The van der Waals surface area contributed by atoms with Gasteiger partial charge in [-0.3, -0.25) is 95.9 Å². The summed E-state index contributed by atoms with van der Waals surface area (Å²) in [5.74, 6) is -23.5. The van der Waals surface area contributed by atoms with Crippen molar-refractivity contribution in [3.8, 4) is 5.75 Å². The van der Waals surface area contributed by atoms with E-state index in [0.717, 1.165) is 24.5 Å². The molecule has 0 saturated carbocycles. The highest BCUT2D eigenvalue weighted by molar-refractivity contribution is 8.00. The van der Waals surface area contributed by atoms with Crippen LogP contribution in [0, 0.1) is 0 Å². The standard InChI is InChI=1S/C90H122N20O26S/c1-5-7-19-66-82(128)97-56(28-30-74(117)118)78(124)104-64(77(123)95-41-72(93)115)46-137-47-73(116)96-59(34-48-24-26-51(112)27-25-48)88(134)108-32-14-13-22-67(108)83(129)101-61(38-71(92)114)89(135)109-33-15-23-68(109)84(130)102-62(39-91)80(126)98-57(29-31-75(119)120)87(133)110-43-52(113)37-70(110)85(131)99-58(35-49-40-94-55-18-11-9-16-53(49)55)79(125)103-63(45-111)81(127)100-60(86(132)106(4)69(20-8-6-2)90(136)105(66)3)36-50-42-107(44-76(121)122)65-21-12-10-17-54(50)65/h9-12,16-18,21,24-27,40,42,52,56-64,66-70,94,111-113H,5-8,13-15,19-20,22-23,28-39,41,43-47,91H2,1-4H3,(H2,92,114)(H2,93,115)(H,95,123)(H,96,116)(H,97,128)(H,98,126)(H,99,131)(H,100,127)(H,101,129)(H,102,130)(H,103,125)(H,104,124)(H,117,118)(H,119,120)(H,121,122)/t52-,56+,57+,58+,59+,60+,61+,62+,63+,64+,66+,67-,68+,69+,70+/m1/s1. The highest BCUT2D eigenvalue weighted by atomic mass is 32.2. The van der Waals surface area contributed by atoms with Gasteiger partial charge in [-0.2, -0.15) is 0 Å². The van der Waals surface area contributed by atoms with Crippen LogP contribution in [0.25, 0.3) is 21.8 Å². The van der Waals surface area contributed by atoms with Gasteiger partial charge in [-0.15, -0.1) is 11.8 Å². The summed E-state index contributed by atoms with van der Waals surface area (Å²) in [6.07, 6.45) is -2.53. The number of aliphatic hydroxyl groups is 2. The van der Waals surface area contributed by atoms with Crippen LogP contribution in [0.2, 0.25) is 0 Å². The van der Waals surface area contributed by atoms with Crippen LogP contribution < -0.4 is 70.4 Å². The molecule has 3 aromatic carbocycles. The molecule has 17 amide bonds. The average molecular weight is 1930 g/mol. The maximum absolute atomic E-state index is 15.8. The Hall–Kier alpha value is -13.8. The largest absolute Gasteiger partial charge is 0.508 e. The summed E-state index contributed by atoms with van der Waals surface area (Å²) >= 11 is 0.695. The second-order valence-corrected chi connectivity index (χ2v) is 35.5. The number of nitrogens with zero attached hydrogens (tertiary/aromatic N) is 6. The van der Waals surface area contributed by atoms with Crippen LogP contribution in [0.15, 0.2) is 85.2 Å². The van der Waals surface area contributed by atoms with Crippen molar-refractivity contribution < 1.29 is 127 Å². The molecule has 0 radical (unpaired) electrons. The number of fused-ring (bicyclic) bond motifs is 5. The normalized spacial score (nSPS) is 25.0. The second kappa shape index (κ2) is 50.7. The molecule has 4 aliphatic rings. The van der Waals surface area contributed by atoms with E-state index >= 15 is 38.4 Å². The Labute approximate surface area is 791 Å². The third-order valence-electron chi connectivity index (χ3n) is 24.5. The molecule has 4 aliphatic heterocycles. The van der Waals surface area contributed by atoms with Crippen LogP contribution in [0.1, 0.15) is 140 Å². The van der Waals surface area contributed by atoms with E-state index in [1.807, 2.05) is 0 Å². The number of aromatic amines is 1. The van der Waals surface area contributed by atoms with E-state index in [4.69, 9.17) is 17.2 Å². The number of carboxylic acids is 3. The first-order valence-corrected chi connectivity index (χ1v) is 46.5. The first-order chi connectivity index (χ1) is 65.2. The molecule has 4 saturated heterocycles. The molecule has 4 fully saturated rings. The van der Waals surface area contributed by atoms with Gasteiger partial charge in [0, 0.05) is 119 Å². The van der Waals surface area contributed by atoms with Gasteiger partial charge in [0.05, 0.1) is 31.4 Å². The average Bonchev–Trinajstić information content (AvgIpc) is 1.67. The number of aromatic nitrogens is 2. The Morgan fingerprint density at radius 2 is 1.03 bits per heavy atom. The molecule has 5 aromatic rings. The lowest BCUT2D eigenvalue weighted by molar-refractivity contribution is -0.149. The topological polar surface area (TPSA) is 698 Å². The summed E-state index contributed by atoms with van der Waals surface area (Å²) in [5, 5.41) is 89.0. The molecule has 23 N–H and O–H groups in total. The zero-order valence-electron chi connectivity index (χ0n) is 76.4. The van der Waals surface area contributed by atoms with Crippen molar-refractivity contribution >= 4 is 152 Å². The SMILES string of the molecule is CCCC[C@H]1C(=O)N(C)[C@@H](CCCC)C(=O)N[C@@H](CCC(=O)O)C(=O)N[C@H](C(=O)NCC(N)=O)CSCC(=O)N[C@@H](Cc2ccc(O)cc2)C(=O)N2CCCC[C@@H]2C(=O)N[C@@H](CC(N)=O)C(=O)N2CCC[C@H]2C(=O)N[C@@H](CN)C(=O)N[C@@H](CCC(=O)O)C(=O)N2C[C@H](O)C[C@H]2C(=O)N[C@@H](Cc2c[nH]c3ccccc23)C(=O)N[C@@H](CO)C(=O)N[C@@H](Cc2cn(CC(=O)O)c3ccccc23)C(=O)N1C. The van der Waals surface area contributed by atoms with Crippen LogP contribution in [0.5, 0.6) is 5.75 Å². The number of unbranched alkanes of at least 4 members (excludes halogenated alkanes) is 2. The van der Waals surface area contributed by atoms with Gasteiger partial charge in [0.1, 0.15) is 96.9 Å². The number of hydrogen-bond acceptors (Lipinski definition) is 25. The molecule has 15 atom stereocenters. The number of primary amides is 2. The van der Waals surface area contributed by atoms with Gasteiger partial charge >= 0.3 is 17.9 Å². The summed E-state index contributed by atoms with van der Waals surface area (Å²) in [5.41, 5.74) is 19.2. The highest BCUT2D eigenvalue weighted by Crippen LogP contribution is 2.30. The zero-order valence-corrected chi connectivity index (χ0v) is 77.2. The van der Waals surface area contributed by atoms with Gasteiger partial charge in [0.15, 0.2) is 0 Å². The number of aliphatic hydroxyl groups excluding tert-OH is 2. The lowest BCUT2D eigenvalue weighted by atomic mass is 9.97. The van der Waals surface area contributed by atoms with Crippen LogP contribution in [-0.4, -0.2) is 339 Å². The smallest absolute Gasteiger partial charge is 0.323 e. The number of carboxylic acid groups (broad SMARTS) is 3. The third-order valence-corrected chi connectivity index (χ3v) is 25.5. The lowest BCUT2D eigenvalue weighted by Crippen LogP contribution is -2.62. The minimum absolute atomic E-state index is 0.0505. The number of phenolic OH excluding ortho intramolecular Hbond substituents is 1. The predicted octanol–water partition coefficient (Wildman–Crippen LogP) is -4.42. The van der Waals surface area contributed by atoms with E-state index in [2.05, 4.69) is 58.2 Å². The fraction of sp³-hybridized carbons (Fsp3) is 0.533. The molecule has 9 rings (SSSR count). The minimum atomic E-state index is -2.03. The van der Waals surface area contributed by atoms with Gasteiger partial charge in [-0.1, -0.05) is 88.1 Å². The maximum atomic E-state index is 15.8.